The van der Waals surface area contributed by atoms with Crippen LogP contribution in [0.1, 0.15) is 49.4 Å². The zero-order chi connectivity index (χ0) is 23.3. The monoisotopic (exact) mass is 454 g/mol. The summed E-state index contributed by atoms with van der Waals surface area (Å²) in [5, 5.41) is 10.1. The van der Waals surface area contributed by atoms with Crippen LogP contribution in [-0.4, -0.2) is 29.3 Å². The van der Waals surface area contributed by atoms with Crippen LogP contribution in [0.25, 0.3) is 11.5 Å². The summed E-state index contributed by atoms with van der Waals surface area (Å²) in [5.41, 5.74) is 2.20. The Labute approximate surface area is 190 Å². The van der Waals surface area contributed by atoms with E-state index < -0.39 is 0 Å². The number of hydrogen-bond donors (Lipinski definition) is 3. The number of nitrogens with zero attached hydrogens (tertiary/aromatic N) is 1. The van der Waals surface area contributed by atoms with Gasteiger partial charge in [0.1, 0.15) is 11.5 Å². The van der Waals surface area contributed by atoms with Crippen molar-refractivity contribution in [1.29, 1.82) is 0 Å². The fourth-order valence-corrected chi connectivity index (χ4v) is 3.53. The average molecular weight is 455 g/mol. The number of furan rings is 1. The average Bonchev–Trinajstić information content (AvgIpc) is 3.39. The minimum absolute atomic E-state index is 0.00407. The molecule has 0 atom stereocenters. The first-order valence-electron chi connectivity index (χ1n) is 10.1. The molecule has 3 rings (SSSR count). The Morgan fingerprint density at radius 3 is 2.41 bits per heavy atom. The van der Waals surface area contributed by atoms with Gasteiger partial charge in [-0.05, 0) is 35.2 Å². The molecule has 0 aliphatic carbocycles. The van der Waals surface area contributed by atoms with Gasteiger partial charge in [-0.1, -0.05) is 32.9 Å². The number of nitrogens with one attached hydrogen (secondary N) is 3. The molecule has 3 amide bonds. The van der Waals surface area contributed by atoms with Gasteiger partial charge in [0, 0.05) is 17.9 Å². The maximum atomic E-state index is 12.3. The van der Waals surface area contributed by atoms with Crippen molar-refractivity contribution in [2.75, 3.05) is 11.9 Å². The van der Waals surface area contributed by atoms with E-state index in [-0.39, 0.29) is 29.7 Å². The fourth-order valence-electron chi connectivity index (χ4n) is 2.81. The van der Waals surface area contributed by atoms with Crippen molar-refractivity contribution in [3.63, 3.8) is 0 Å². The lowest BCUT2D eigenvalue weighted by molar-refractivity contribution is -0.119. The highest BCUT2D eigenvalue weighted by Gasteiger charge is 2.15. The highest BCUT2D eigenvalue weighted by Crippen LogP contribution is 2.26. The number of amides is 3. The standard InChI is InChI=1S/C23H26N4O4S/c1-14(28)24-11-17-9-10-19(31-17)18-13-32-22(26-18)27-20(29)12-25-21(30)15-5-7-16(8-6-15)23(2,3)4/h5-10,13H,11-12H2,1-4H3,(H,24,28)(H,25,30)(H,26,27,29). The van der Waals surface area contributed by atoms with Gasteiger partial charge >= 0.3 is 0 Å². The number of anilines is 1. The fraction of sp³-hybridized carbons (Fsp3) is 0.304. The lowest BCUT2D eigenvalue weighted by atomic mass is 9.87. The number of aromatic nitrogens is 1. The van der Waals surface area contributed by atoms with Crippen molar-refractivity contribution in [2.45, 2.75) is 39.7 Å². The molecule has 32 heavy (non-hydrogen) atoms. The Hall–Kier alpha value is -3.46. The van der Waals surface area contributed by atoms with E-state index in [0.29, 0.717) is 34.5 Å². The van der Waals surface area contributed by atoms with E-state index in [9.17, 15) is 14.4 Å². The third kappa shape index (κ3) is 6.27. The summed E-state index contributed by atoms with van der Waals surface area (Å²) in [6.07, 6.45) is 0. The van der Waals surface area contributed by atoms with Gasteiger partial charge in [0.05, 0.1) is 13.1 Å². The van der Waals surface area contributed by atoms with Crippen molar-refractivity contribution >= 4 is 34.2 Å². The lowest BCUT2D eigenvalue weighted by Crippen LogP contribution is -2.32. The summed E-state index contributed by atoms with van der Waals surface area (Å²) in [4.78, 5) is 39.9. The van der Waals surface area contributed by atoms with Crippen LogP contribution in [0.3, 0.4) is 0 Å². The number of thiazole rings is 1. The molecule has 1 aromatic carbocycles. The zero-order valence-corrected chi connectivity index (χ0v) is 19.3. The van der Waals surface area contributed by atoms with Crippen molar-refractivity contribution in [1.82, 2.24) is 15.6 Å². The Bertz CT molecular complexity index is 1110. The van der Waals surface area contributed by atoms with Gasteiger partial charge in [-0.15, -0.1) is 11.3 Å². The summed E-state index contributed by atoms with van der Waals surface area (Å²) in [6.45, 7) is 7.87. The largest absolute Gasteiger partial charge is 0.458 e. The molecule has 2 heterocycles. The topological polar surface area (TPSA) is 113 Å². The molecule has 3 N–H and O–H groups in total. The molecule has 8 nitrogen and oxygen atoms in total. The molecule has 3 aromatic rings. The maximum absolute atomic E-state index is 12.3. The van der Waals surface area contributed by atoms with E-state index in [1.807, 2.05) is 12.1 Å². The van der Waals surface area contributed by atoms with Crippen LogP contribution in [0.15, 0.2) is 46.2 Å². The van der Waals surface area contributed by atoms with Gasteiger partial charge < -0.3 is 20.4 Å². The Morgan fingerprint density at radius 2 is 1.75 bits per heavy atom. The number of carbonyl (C=O) groups is 3. The van der Waals surface area contributed by atoms with Crippen LogP contribution < -0.4 is 16.0 Å². The Kier molecular flexibility index (Phi) is 7.09. The van der Waals surface area contributed by atoms with E-state index in [1.54, 1.807) is 29.6 Å². The van der Waals surface area contributed by atoms with Gasteiger partial charge in [0.15, 0.2) is 10.9 Å². The van der Waals surface area contributed by atoms with Gasteiger partial charge in [-0.25, -0.2) is 4.98 Å². The molecule has 0 spiro atoms. The number of rotatable bonds is 7. The van der Waals surface area contributed by atoms with Gasteiger partial charge in [-0.3, -0.25) is 14.4 Å². The molecule has 0 saturated heterocycles. The molecule has 0 unspecified atom stereocenters. The van der Waals surface area contributed by atoms with Crippen LogP contribution >= 0.6 is 11.3 Å². The highest BCUT2D eigenvalue weighted by atomic mass is 32.1. The first kappa shape index (κ1) is 23.2. The number of hydrogen-bond acceptors (Lipinski definition) is 6. The molecule has 0 aliphatic heterocycles. The molecule has 0 radical (unpaired) electrons. The van der Waals surface area contributed by atoms with Crippen LogP contribution in [0.5, 0.6) is 0 Å². The molecule has 9 heteroatoms. The summed E-state index contributed by atoms with van der Waals surface area (Å²) < 4.78 is 5.66. The summed E-state index contributed by atoms with van der Waals surface area (Å²) in [5.74, 6) is 0.302. The van der Waals surface area contributed by atoms with E-state index >= 15 is 0 Å². The molecule has 0 saturated carbocycles. The van der Waals surface area contributed by atoms with Gasteiger partial charge in [-0.2, -0.15) is 0 Å². The van der Waals surface area contributed by atoms with Gasteiger partial charge in [0.25, 0.3) is 5.91 Å². The number of benzene rings is 1. The van der Waals surface area contributed by atoms with E-state index in [0.717, 1.165) is 5.56 Å². The SMILES string of the molecule is CC(=O)NCc1ccc(-c2csc(NC(=O)CNC(=O)c3ccc(C(C)(C)C)cc3)n2)o1. The second-order valence-electron chi connectivity index (χ2n) is 8.27. The predicted molar refractivity (Wildman–Crippen MR) is 123 cm³/mol. The van der Waals surface area contributed by atoms with Crippen molar-refractivity contribution in [3.8, 4) is 11.5 Å². The summed E-state index contributed by atoms with van der Waals surface area (Å²) in [7, 11) is 0. The van der Waals surface area contributed by atoms with E-state index in [2.05, 4.69) is 41.7 Å². The minimum atomic E-state index is -0.378. The second kappa shape index (κ2) is 9.78. The third-order valence-electron chi connectivity index (χ3n) is 4.60. The molecule has 0 bridgehead atoms. The molecule has 2 aromatic heterocycles. The Balaban J connectivity index is 1.51. The van der Waals surface area contributed by atoms with E-state index in [4.69, 9.17) is 4.42 Å². The van der Waals surface area contributed by atoms with Gasteiger partial charge in [0.2, 0.25) is 11.8 Å². The smallest absolute Gasteiger partial charge is 0.251 e. The molecule has 0 aliphatic rings. The molecular formula is C23H26N4O4S. The highest BCUT2D eigenvalue weighted by molar-refractivity contribution is 7.14. The lowest BCUT2D eigenvalue weighted by Gasteiger charge is -2.19. The number of carbonyl (C=O) groups excluding carboxylic acids is 3. The normalized spacial score (nSPS) is 11.1. The predicted octanol–water partition coefficient (Wildman–Crippen LogP) is 3.71. The minimum Gasteiger partial charge on any atom is -0.458 e. The van der Waals surface area contributed by atoms with E-state index in [1.165, 1.54) is 18.3 Å². The first-order valence-corrected chi connectivity index (χ1v) is 11.0. The van der Waals surface area contributed by atoms with Crippen molar-refractivity contribution in [2.24, 2.45) is 0 Å². The second-order valence-corrected chi connectivity index (χ2v) is 9.13. The van der Waals surface area contributed by atoms with Crippen molar-refractivity contribution in [3.05, 3.63) is 58.7 Å². The molecule has 0 fully saturated rings. The Morgan fingerprint density at radius 1 is 1.03 bits per heavy atom. The van der Waals surface area contributed by atoms with Crippen molar-refractivity contribution < 1.29 is 18.8 Å². The quantitative estimate of drug-likeness (QED) is 0.504. The summed E-state index contributed by atoms with van der Waals surface area (Å²) >= 11 is 1.25. The summed E-state index contributed by atoms with van der Waals surface area (Å²) in [6, 6.07) is 10.9. The van der Waals surface area contributed by atoms with Crippen LogP contribution in [0.2, 0.25) is 0 Å². The maximum Gasteiger partial charge on any atom is 0.251 e. The molecule has 168 valence electrons. The first-order chi connectivity index (χ1) is 15.1. The zero-order valence-electron chi connectivity index (χ0n) is 18.4. The third-order valence-corrected chi connectivity index (χ3v) is 5.36. The van der Waals surface area contributed by atoms with Crippen LogP contribution in [-0.2, 0) is 21.5 Å². The van der Waals surface area contributed by atoms with Crippen LogP contribution in [0, 0.1) is 0 Å². The molecular weight excluding hydrogens is 428 g/mol. The van der Waals surface area contributed by atoms with Crippen LogP contribution in [0.4, 0.5) is 5.13 Å².